The summed E-state index contributed by atoms with van der Waals surface area (Å²) in [5.74, 6) is 7.15. The van der Waals surface area contributed by atoms with E-state index in [2.05, 4.69) is 17.2 Å². The van der Waals surface area contributed by atoms with E-state index in [1.807, 2.05) is 55.6 Å². The summed E-state index contributed by atoms with van der Waals surface area (Å²) in [5.41, 5.74) is 3.01. The topological polar surface area (TPSA) is 21.3 Å². The molecular formula is C16H15NO. The van der Waals surface area contributed by atoms with Crippen LogP contribution in [0.1, 0.15) is 11.1 Å². The maximum Gasteiger partial charge on any atom is 0.118 e. The zero-order valence-corrected chi connectivity index (χ0v) is 10.5. The second kappa shape index (κ2) is 5.79. The van der Waals surface area contributed by atoms with Crippen molar-refractivity contribution in [3.05, 3.63) is 59.7 Å². The molecule has 2 heteroatoms. The Labute approximate surface area is 108 Å². The van der Waals surface area contributed by atoms with Crippen LogP contribution < -0.4 is 10.1 Å². The van der Waals surface area contributed by atoms with E-state index in [0.29, 0.717) is 0 Å². The first kappa shape index (κ1) is 12.1. The van der Waals surface area contributed by atoms with Gasteiger partial charge in [0.05, 0.1) is 7.11 Å². The molecule has 2 rings (SSSR count). The van der Waals surface area contributed by atoms with Crippen LogP contribution in [0.5, 0.6) is 5.75 Å². The summed E-state index contributed by atoms with van der Waals surface area (Å²) in [4.78, 5) is 0. The maximum absolute atomic E-state index is 5.11. The van der Waals surface area contributed by atoms with Crippen LogP contribution in [0.25, 0.3) is 0 Å². The molecule has 0 spiro atoms. The molecule has 0 bridgehead atoms. The minimum atomic E-state index is 0.844. The number of anilines is 1. The SMILES string of the molecule is CNc1ccccc1C#Cc1ccc(OC)cc1. The van der Waals surface area contributed by atoms with E-state index in [1.54, 1.807) is 7.11 Å². The molecule has 2 nitrogen and oxygen atoms in total. The highest BCUT2D eigenvalue weighted by Gasteiger charge is 1.95. The van der Waals surface area contributed by atoms with Crippen molar-refractivity contribution >= 4 is 5.69 Å². The van der Waals surface area contributed by atoms with E-state index in [-0.39, 0.29) is 0 Å². The van der Waals surface area contributed by atoms with Crippen molar-refractivity contribution in [3.8, 4) is 17.6 Å². The van der Waals surface area contributed by atoms with E-state index in [9.17, 15) is 0 Å². The van der Waals surface area contributed by atoms with Crippen molar-refractivity contribution in [3.63, 3.8) is 0 Å². The fraction of sp³-hybridized carbons (Fsp3) is 0.125. The molecule has 0 aromatic heterocycles. The number of methoxy groups -OCH3 is 1. The third-order valence-electron chi connectivity index (χ3n) is 2.63. The Morgan fingerprint density at radius 2 is 1.67 bits per heavy atom. The fourth-order valence-electron chi connectivity index (χ4n) is 1.62. The Bertz CT molecular complexity index is 576. The molecule has 0 aliphatic carbocycles. The normalized spacial score (nSPS) is 9.22. The van der Waals surface area contributed by atoms with Gasteiger partial charge in [-0.25, -0.2) is 0 Å². The minimum Gasteiger partial charge on any atom is -0.497 e. The molecule has 2 aromatic carbocycles. The van der Waals surface area contributed by atoms with Gasteiger partial charge >= 0.3 is 0 Å². The molecule has 0 saturated carbocycles. The Balaban J connectivity index is 2.25. The van der Waals surface area contributed by atoms with Crippen molar-refractivity contribution in [2.75, 3.05) is 19.5 Å². The number of benzene rings is 2. The van der Waals surface area contributed by atoms with Crippen LogP contribution in [-0.4, -0.2) is 14.2 Å². The van der Waals surface area contributed by atoms with Crippen molar-refractivity contribution in [1.82, 2.24) is 0 Å². The van der Waals surface area contributed by atoms with Gasteiger partial charge in [0.15, 0.2) is 0 Å². The Morgan fingerprint density at radius 1 is 0.944 bits per heavy atom. The standard InChI is InChI=1S/C16H15NO/c1-17-16-6-4-3-5-14(16)10-7-13-8-11-15(18-2)12-9-13/h3-6,8-9,11-12,17H,1-2H3. The third kappa shape index (κ3) is 2.83. The highest BCUT2D eigenvalue weighted by Crippen LogP contribution is 2.13. The lowest BCUT2D eigenvalue weighted by Crippen LogP contribution is -1.91. The van der Waals surface area contributed by atoms with Crippen LogP contribution in [0.2, 0.25) is 0 Å². The summed E-state index contributed by atoms with van der Waals surface area (Å²) in [6, 6.07) is 15.7. The van der Waals surface area contributed by atoms with Crippen LogP contribution in [0.4, 0.5) is 5.69 Å². The molecule has 0 amide bonds. The highest BCUT2D eigenvalue weighted by atomic mass is 16.5. The van der Waals surface area contributed by atoms with E-state index < -0.39 is 0 Å². The smallest absolute Gasteiger partial charge is 0.118 e. The fourth-order valence-corrected chi connectivity index (χ4v) is 1.62. The van der Waals surface area contributed by atoms with Gasteiger partial charge in [-0.3, -0.25) is 0 Å². The first-order valence-electron chi connectivity index (χ1n) is 5.76. The number of hydrogen-bond donors (Lipinski definition) is 1. The molecule has 0 saturated heterocycles. The molecule has 2 aromatic rings. The van der Waals surface area contributed by atoms with Crippen molar-refractivity contribution < 1.29 is 4.74 Å². The van der Waals surface area contributed by atoms with E-state index in [4.69, 9.17) is 4.74 Å². The lowest BCUT2D eigenvalue weighted by atomic mass is 10.1. The zero-order chi connectivity index (χ0) is 12.8. The third-order valence-corrected chi connectivity index (χ3v) is 2.63. The molecule has 0 radical (unpaired) electrons. The van der Waals surface area contributed by atoms with E-state index >= 15 is 0 Å². The van der Waals surface area contributed by atoms with Crippen molar-refractivity contribution in [1.29, 1.82) is 0 Å². The first-order valence-corrected chi connectivity index (χ1v) is 5.76. The van der Waals surface area contributed by atoms with Crippen LogP contribution in [0.3, 0.4) is 0 Å². The van der Waals surface area contributed by atoms with Gasteiger partial charge in [0.25, 0.3) is 0 Å². The molecule has 0 heterocycles. The second-order valence-electron chi connectivity index (χ2n) is 3.77. The Kier molecular flexibility index (Phi) is 3.88. The Hall–Kier alpha value is -2.40. The van der Waals surface area contributed by atoms with Gasteiger partial charge in [0.2, 0.25) is 0 Å². The molecule has 0 atom stereocenters. The average Bonchev–Trinajstić information content (AvgIpc) is 2.46. The molecule has 18 heavy (non-hydrogen) atoms. The van der Waals surface area contributed by atoms with Crippen molar-refractivity contribution in [2.45, 2.75) is 0 Å². The summed E-state index contributed by atoms with van der Waals surface area (Å²) in [6.45, 7) is 0. The molecule has 0 fully saturated rings. The summed E-state index contributed by atoms with van der Waals surface area (Å²) >= 11 is 0. The van der Waals surface area contributed by atoms with Crippen LogP contribution in [-0.2, 0) is 0 Å². The summed E-state index contributed by atoms with van der Waals surface area (Å²) < 4.78 is 5.11. The lowest BCUT2D eigenvalue weighted by Gasteiger charge is -2.01. The minimum absolute atomic E-state index is 0.844. The number of nitrogens with one attached hydrogen (secondary N) is 1. The van der Waals surface area contributed by atoms with Gasteiger partial charge in [-0.2, -0.15) is 0 Å². The number of ether oxygens (including phenoxy) is 1. The highest BCUT2D eigenvalue weighted by molar-refractivity contribution is 5.59. The van der Waals surface area contributed by atoms with Gasteiger partial charge in [0, 0.05) is 23.9 Å². The first-order chi connectivity index (χ1) is 8.83. The Morgan fingerprint density at radius 3 is 2.33 bits per heavy atom. The van der Waals surface area contributed by atoms with E-state index in [0.717, 1.165) is 22.6 Å². The molecule has 0 aliphatic rings. The van der Waals surface area contributed by atoms with Gasteiger partial charge in [0.1, 0.15) is 5.75 Å². The van der Waals surface area contributed by atoms with Crippen molar-refractivity contribution in [2.24, 2.45) is 0 Å². The van der Waals surface area contributed by atoms with Crippen LogP contribution in [0.15, 0.2) is 48.5 Å². The predicted octanol–water partition coefficient (Wildman–Crippen LogP) is 3.14. The van der Waals surface area contributed by atoms with Gasteiger partial charge < -0.3 is 10.1 Å². The zero-order valence-electron chi connectivity index (χ0n) is 10.5. The quantitative estimate of drug-likeness (QED) is 0.810. The van der Waals surface area contributed by atoms with Gasteiger partial charge in [-0.05, 0) is 36.4 Å². The molecule has 0 aliphatic heterocycles. The lowest BCUT2D eigenvalue weighted by molar-refractivity contribution is 0.415. The van der Waals surface area contributed by atoms with Crippen LogP contribution in [0, 0.1) is 11.8 Å². The second-order valence-corrected chi connectivity index (χ2v) is 3.77. The summed E-state index contributed by atoms with van der Waals surface area (Å²) in [7, 11) is 3.55. The number of rotatable bonds is 2. The van der Waals surface area contributed by atoms with Crippen LogP contribution >= 0.6 is 0 Å². The van der Waals surface area contributed by atoms with Gasteiger partial charge in [-0.15, -0.1) is 0 Å². The number of hydrogen-bond acceptors (Lipinski definition) is 2. The maximum atomic E-state index is 5.11. The average molecular weight is 237 g/mol. The van der Waals surface area contributed by atoms with E-state index in [1.165, 1.54) is 0 Å². The monoisotopic (exact) mass is 237 g/mol. The molecule has 90 valence electrons. The molecule has 1 N–H and O–H groups in total. The molecule has 0 unspecified atom stereocenters. The predicted molar refractivity (Wildman–Crippen MR) is 75.0 cm³/mol. The molecular weight excluding hydrogens is 222 g/mol. The summed E-state index contributed by atoms with van der Waals surface area (Å²) in [5, 5.41) is 3.13. The largest absolute Gasteiger partial charge is 0.497 e. The summed E-state index contributed by atoms with van der Waals surface area (Å²) in [6.07, 6.45) is 0. The number of para-hydroxylation sites is 1. The van der Waals surface area contributed by atoms with Gasteiger partial charge in [-0.1, -0.05) is 24.0 Å².